The zero-order valence-electron chi connectivity index (χ0n) is 7.43. The average Bonchev–Trinajstić information content (AvgIpc) is 1.90. The predicted molar refractivity (Wildman–Crippen MR) is 47.2 cm³/mol. The van der Waals surface area contributed by atoms with Gasteiger partial charge in [-0.1, -0.05) is 12.2 Å². The molecule has 0 unspecified atom stereocenters. The third-order valence-corrected chi connectivity index (χ3v) is 1.16. The molecule has 0 aromatic rings. The molecule has 0 aliphatic heterocycles. The van der Waals surface area contributed by atoms with Crippen LogP contribution in [0.4, 0.5) is 0 Å². The summed E-state index contributed by atoms with van der Waals surface area (Å²) < 4.78 is 0. The Morgan fingerprint density at radius 3 is 1.30 bits per heavy atom. The number of hydrogen-bond donors (Lipinski definition) is 0. The normalized spacial score (nSPS) is 16.4. The Balaban J connectivity index is 0.000000180. The molecule has 0 bridgehead atoms. The molecular weight excluding hydrogens is 122 g/mol. The van der Waals surface area contributed by atoms with Crippen LogP contribution < -0.4 is 0 Å². The first-order valence-electron chi connectivity index (χ1n) is 3.99. The molecule has 1 aliphatic rings. The highest BCUT2D eigenvalue weighted by Gasteiger charge is 1.87. The van der Waals surface area contributed by atoms with Gasteiger partial charge < -0.3 is 4.90 Å². The van der Waals surface area contributed by atoms with Gasteiger partial charge in [0.15, 0.2) is 0 Å². The van der Waals surface area contributed by atoms with Gasteiger partial charge in [-0.3, -0.25) is 0 Å². The Morgan fingerprint density at radius 2 is 1.20 bits per heavy atom. The van der Waals surface area contributed by atoms with Crippen molar-refractivity contribution in [3.05, 3.63) is 12.2 Å². The maximum atomic E-state index is 2.27. The Kier molecular flexibility index (Phi) is 6.61. The van der Waals surface area contributed by atoms with Crippen molar-refractivity contribution in [3.8, 4) is 0 Å². The van der Waals surface area contributed by atoms with Crippen LogP contribution in [0, 0.1) is 0 Å². The van der Waals surface area contributed by atoms with Crippen molar-refractivity contribution in [2.24, 2.45) is 0 Å². The van der Waals surface area contributed by atoms with Crippen LogP contribution in [0.2, 0.25) is 0 Å². The molecule has 0 aromatic heterocycles. The quantitative estimate of drug-likeness (QED) is 0.468. The van der Waals surface area contributed by atoms with Crippen molar-refractivity contribution in [3.63, 3.8) is 0 Å². The smallest absolute Gasteiger partial charge is 0.0140 e. The molecule has 0 spiro atoms. The highest BCUT2D eigenvalue weighted by Crippen LogP contribution is 2.07. The topological polar surface area (TPSA) is 3.24 Å². The number of hydrogen-bond acceptors (Lipinski definition) is 1. The number of allylic oxidation sites excluding steroid dienone is 2. The van der Waals surface area contributed by atoms with Gasteiger partial charge in [0.2, 0.25) is 0 Å². The Labute approximate surface area is 64.7 Å². The van der Waals surface area contributed by atoms with Crippen molar-refractivity contribution in [2.75, 3.05) is 21.1 Å². The van der Waals surface area contributed by atoms with Crippen molar-refractivity contribution in [1.29, 1.82) is 0 Å². The summed E-state index contributed by atoms with van der Waals surface area (Å²) in [5, 5.41) is 0. The summed E-state index contributed by atoms with van der Waals surface area (Å²) in [6.07, 6.45) is 10.0. The SMILES string of the molecule is C1=CCCCC1.CN(C)C. The van der Waals surface area contributed by atoms with E-state index in [2.05, 4.69) is 12.2 Å². The summed E-state index contributed by atoms with van der Waals surface area (Å²) in [6, 6.07) is 0. The van der Waals surface area contributed by atoms with E-state index in [9.17, 15) is 0 Å². The van der Waals surface area contributed by atoms with Crippen LogP contribution in [0.25, 0.3) is 0 Å². The molecule has 1 nitrogen and oxygen atoms in total. The minimum Gasteiger partial charge on any atom is -0.312 e. The summed E-state index contributed by atoms with van der Waals surface area (Å²) in [5.41, 5.74) is 0. The van der Waals surface area contributed by atoms with E-state index in [0.717, 1.165) is 0 Å². The zero-order chi connectivity index (χ0) is 7.82. The van der Waals surface area contributed by atoms with Crippen molar-refractivity contribution in [2.45, 2.75) is 25.7 Å². The van der Waals surface area contributed by atoms with Crippen LogP contribution in [-0.2, 0) is 0 Å². The van der Waals surface area contributed by atoms with Gasteiger partial charge in [-0.25, -0.2) is 0 Å². The Bertz CT molecular complexity index is 74.0. The van der Waals surface area contributed by atoms with Gasteiger partial charge in [0.1, 0.15) is 0 Å². The lowest BCUT2D eigenvalue weighted by atomic mass is 10.1. The van der Waals surface area contributed by atoms with E-state index in [-0.39, 0.29) is 0 Å². The molecule has 10 heavy (non-hydrogen) atoms. The molecule has 0 saturated carbocycles. The molecule has 0 fully saturated rings. The molecule has 1 aliphatic carbocycles. The van der Waals surface area contributed by atoms with E-state index < -0.39 is 0 Å². The van der Waals surface area contributed by atoms with E-state index >= 15 is 0 Å². The second-order valence-corrected chi connectivity index (χ2v) is 3.10. The predicted octanol–water partition coefficient (Wildman–Crippen LogP) is 2.29. The Morgan fingerprint density at radius 1 is 0.900 bits per heavy atom. The molecular formula is C9H19N. The van der Waals surface area contributed by atoms with Gasteiger partial charge in [-0.15, -0.1) is 0 Å². The molecule has 0 amide bonds. The average molecular weight is 141 g/mol. The van der Waals surface area contributed by atoms with Gasteiger partial charge in [-0.2, -0.15) is 0 Å². The van der Waals surface area contributed by atoms with Crippen LogP contribution in [0.3, 0.4) is 0 Å². The third-order valence-electron chi connectivity index (χ3n) is 1.16. The van der Waals surface area contributed by atoms with Crippen LogP contribution in [0.15, 0.2) is 12.2 Å². The van der Waals surface area contributed by atoms with Crippen LogP contribution in [-0.4, -0.2) is 26.0 Å². The van der Waals surface area contributed by atoms with E-state index in [1.54, 1.807) is 0 Å². The molecule has 0 radical (unpaired) electrons. The number of rotatable bonds is 0. The molecule has 0 atom stereocenters. The second kappa shape index (κ2) is 6.81. The molecule has 1 heteroatoms. The molecule has 1 rings (SSSR count). The minimum atomic E-state index is 1.32. The third kappa shape index (κ3) is 10.6. The van der Waals surface area contributed by atoms with Gasteiger partial charge in [0.05, 0.1) is 0 Å². The first-order chi connectivity index (χ1) is 4.73. The van der Waals surface area contributed by atoms with E-state index in [1.807, 2.05) is 26.0 Å². The fourth-order valence-electron chi connectivity index (χ4n) is 0.760. The van der Waals surface area contributed by atoms with E-state index in [1.165, 1.54) is 25.7 Å². The van der Waals surface area contributed by atoms with E-state index in [0.29, 0.717) is 0 Å². The maximum absolute atomic E-state index is 2.27. The molecule has 0 N–H and O–H groups in total. The standard InChI is InChI=1S/C6H10.C3H9N/c1-2-4-6-5-3-1;1-4(2)3/h1-2H,3-6H2;1-3H3. The van der Waals surface area contributed by atoms with Crippen molar-refractivity contribution in [1.82, 2.24) is 4.90 Å². The Hall–Kier alpha value is -0.300. The fraction of sp³-hybridized carbons (Fsp3) is 0.778. The number of nitrogens with zero attached hydrogens (tertiary/aromatic N) is 1. The molecule has 60 valence electrons. The summed E-state index contributed by atoms with van der Waals surface area (Å²) >= 11 is 0. The lowest BCUT2D eigenvalue weighted by Gasteiger charge is -1.97. The largest absolute Gasteiger partial charge is 0.312 e. The van der Waals surface area contributed by atoms with Gasteiger partial charge in [0.25, 0.3) is 0 Å². The molecule has 0 heterocycles. The van der Waals surface area contributed by atoms with Gasteiger partial charge >= 0.3 is 0 Å². The maximum Gasteiger partial charge on any atom is -0.0140 e. The summed E-state index contributed by atoms with van der Waals surface area (Å²) in [5.74, 6) is 0. The lowest BCUT2D eigenvalue weighted by Crippen LogP contribution is -1.99. The summed E-state index contributed by atoms with van der Waals surface area (Å²) in [4.78, 5) is 2.00. The highest BCUT2D eigenvalue weighted by atomic mass is 15.0. The van der Waals surface area contributed by atoms with Gasteiger partial charge in [0, 0.05) is 0 Å². The summed E-state index contributed by atoms with van der Waals surface area (Å²) in [6.45, 7) is 0. The van der Waals surface area contributed by atoms with Crippen LogP contribution in [0.1, 0.15) is 25.7 Å². The van der Waals surface area contributed by atoms with Crippen LogP contribution >= 0.6 is 0 Å². The second-order valence-electron chi connectivity index (χ2n) is 3.10. The fourth-order valence-corrected chi connectivity index (χ4v) is 0.760. The molecule has 0 saturated heterocycles. The first kappa shape index (κ1) is 9.70. The van der Waals surface area contributed by atoms with Gasteiger partial charge in [-0.05, 0) is 46.8 Å². The summed E-state index contributed by atoms with van der Waals surface area (Å²) in [7, 11) is 6.00. The highest BCUT2D eigenvalue weighted by molar-refractivity contribution is 4.85. The van der Waals surface area contributed by atoms with Crippen molar-refractivity contribution >= 4 is 0 Å². The minimum absolute atomic E-state index is 1.32. The lowest BCUT2D eigenvalue weighted by molar-refractivity contribution is 0.505. The molecule has 0 aromatic carbocycles. The van der Waals surface area contributed by atoms with Crippen LogP contribution in [0.5, 0.6) is 0 Å². The van der Waals surface area contributed by atoms with Crippen molar-refractivity contribution < 1.29 is 0 Å². The monoisotopic (exact) mass is 141 g/mol. The first-order valence-corrected chi connectivity index (χ1v) is 3.99. The zero-order valence-corrected chi connectivity index (χ0v) is 7.43. The van der Waals surface area contributed by atoms with E-state index in [4.69, 9.17) is 0 Å².